The van der Waals surface area contributed by atoms with Gasteiger partial charge in [0.1, 0.15) is 24.2 Å². The van der Waals surface area contributed by atoms with Crippen molar-refractivity contribution in [2.45, 2.75) is 43.3 Å². The number of ether oxygens (including phenoxy) is 2. The molecule has 1 unspecified atom stereocenters. The molecule has 0 radical (unpaired) electrons. The minimum atomic E-state index is -5.99. The van der Waals surface area contributed by atoms with E-state index in [1.54, 1.807) is 36.4 Å². The summed E-state index contributed by atoms with van der Waals surface area (Å²) in [5.74, 6) is -0.476. The molecule has 0 aliphatic heterocycles. The highest BCUT2D eigenvalue weighted by atomic mass is 19.4. The Morgan fingerprint density at radius 3 is 1.84 bits per heavy atom. The molecule has 0 bridgehead atoms. The van der Waals surface area contributed by atoms with E-state index < -0.39 is 35.6 Å². The molecule has 0 amide bonds. The van der Waals surface area contributed by atoms with Crippen LogP contribution in [0, 0.1) is 0 Å². The lowest BCUT2D eigenvalue weighted by molar-refractivity contribution is -0.376. The van der Waals surface area contributed by atoms with E-state index in [0.717, 1.165) is 23.3 Å². The summed E-state index contributed by atoms with van der Waals surface area (Å²) in [4.78, 5) is 10.7. The van der Waals surface area contributed by atoms with Crippen LogP contribution in [0.4, 0.5) is 26.3 Å². The zero-order valence-electron chi connectivity index (χ0n) is 19.8. The molecule has 3 aromatic rings. The molecule has 0 spiro atoms. The Balaban J connectivity index is 1.75. The summed E-state index contributed by atoms with van der Waals surface area (Å²) < 4.78 is 90.6. The van der Waals surface area contributed by atoms with E-state index in [1.165, 1.54) is 0 Å². The molecule has 38 heavy (non-hydrogen) atoms. The maximum Gasteiger partial charge on any atom is 0.430 e. The molecule has 0 aliphatic carbocycles. The topological polar surface area (TPSA) is 76.0 Å². The number of carboxylic acid groups (broad SMARTS) is 1. The van der Waals surface area contributed by atoms with Crippen molar-refractivity contribution in [3.63, 3.8) is 0 Å². The average Bonchev–Trinajstić information content (AvgIpc) is 2.86. The number of benzene rings is 3. The molecule has 11 heteroatoms. The van der Waals surface area contributed by atoms with E-state index in [2.05, 4.69) is 0 Å². The van der Waals surface area contributed by atoms with Crippen molar-refractivity contribution in [2.75, 3.05) is 6.61 Å². The van der Waals surface area contributed by atoms with Crippen LogP contribution in [-0.4, -0.2) is 41.2 Å². The highest BCUT2D eigenvalue weighted by Crippen LogP contribution is 2.50. The maximum absolute atomic E-state index is 13.2. The minimum Gasteiger partial charge on any atom is -0.490 e. The minimum absolute atomic E-state index is 0.0137. The van der Waals surface area contributed by atoms with E-state index in [9.17, 15) is 36.2 Å². The lowest BCUT2D eigenvalue weighted by atomic mass is 9.92. The Kier molecular flexibility index (Phi) is 8.93. The van der Waals surface area contributed by atoms with Crippen molar-refractivity contribution in [1.82, 2.24) is 0 Å². The number of rotatable bonds is 11. The third-order valence-electron chi connectivity index (χ3n) is 5.69. The van der Waals surface area contributed by atoms with Crippen LogP contribution in [0.3, 0.4) is 0 Å². The summed E-state index contributed by atoms with van der Waals surface area (Å²) in [6, 6.07) is 18.7. The molecule has 2 N–H and O–H groups in total. The van der Waals surface area contributed by atoms with E-state index in [4.69, 9.17) is 14.6 Å². The molecule has 0 aliphatic rings. The second-order valence-corrected chi connectivity index (χ2v) is 8.51. The summed E-state index contributed by atoms with van der Waals surface area (Å²) >= 11 is 0. The summed E-state index contributed by atoms with van der Waals surface area (Å²) in [5, 5.41) is 18.4. The fourth-order valence-electron chi connectivity index (χ4n) is 3.66. The van der Waals surface area contributed by atoms with E-state index in [-0.39, 0.29) is 18.8 Å². The molecule has 0 aromatic heterocycles. The van der Waals surface area contributed by atoms with Gasteiger partial charge < -0.3 is 19.7 Å². The number of carbonyl (C=O) groups is 1. The molecular weight excluding hydrogens is 518 g/mol. The lowest BCUT2D eigenvalue weighted by Gasteiger charge is -2.32. The van der Waals surface area contributed by atoms with Gasteiger partial charge in [-0.1, -0.05) is 54.6 Å². The van der Waals surface area contributed by atoms with Gasteiger partial charge in [-0.05, 0) is 41.8 Å². The molecule has 3 aromatic carbocycles. The molecule has 3 rings (SSSR count). The monoisotopic (exact) mass is 542 g/mol. The Bertz CT molecular complexity index is 1160. The Labute approximate surface area is 214 Å². The zero-order valence-corrected chi connectivity index (χ0v) is 19.8. The van der Waals surface area contributed by atoms with Gasteiger partial charge in [0.05, 0.1) is 0 Å². The smallest absolute Gasteiger partial charge is 0.430 e. The van der Waals surface area contributed by atoms with Crippen LogP contribution in [0.2, 0.25) is 0 Å². The predicted molar refractivity (Wildman–Crippen MR) is 125 cm³/mol. The molecule has 0 saturated carbocycles. The molecule has 5 nitrogen and oxygen atoms in total. The second-order valence-electron chi connectivity index (χ2n) is 8.51. The van der Waals surface area contributed by atoms with Crippen molar-refractivity contribution in [1.29, 1.82) is 0 Å². The fourth-order valence-corrected chi connectivity index (χ4v) is 3.66. The first kappa shape index (κ1) is 28.8. The number of hydrogen-bond acceptors (Lipinski definition) is 4. The average molecular weight is 542 g/mol. The third-order valence-corrected chi connectivity index (χ3v) is 5.69. The van der Waals surface area contributed by atoms with Gasteiger partial charge in [0, 0.05) is 18.4 Å². The molecule has 0 saturated heterocycles. The quantitative estimate of drug-likeness (QED) is 0.287. The summed E-state index contributed by atoms with van der Waals surface area (Å²) in [5.41, 5.74) is -4.76. The Morgan fingerprint density at radius 1 is 0.763 bits per heavy atom. The van der Waals surface area contributed by atoms with Gasteiger partial charge in [0.2, 0.25) is 0 Å². The van der Waals surface area contributed by atoms with E-state index >= 15 is 0 Å². The van der Waals surface area contributed by atoms with Gasteiger partial charge in [-0.3, -0.25) is 4.79 Å². The van der Waals surface area contributed by atoms with Crippen molar-refractivity contribution in [3.05, 3.63) is 95.6 Å². The highest BCUT2D eigenvalue weighted by Gasteiger charge is 2.71. The molecule has 0 heterocycles. The number of aryl methyl sites for hydroxylation is 1. The second kappa shape index (κ2) is 11.8. The van der Waals surface area contributed by atoms with Gasteiger partial charge in [-0.15, -0.1) is 0 Å². The Morgan fingerprint density at radius 2 is 1.32 bits per heavy atom. The van der Waals surface area contributed by atoms with Crippen molar-refractivity contribution in [2.24, 2.45) is 0 Å². The number of aliphatic carboxylic acids is 1. The van der Waals surface area contributed by atoms with Crippen molar-refractivity contribution >= 4 is 5.97 Å². The first-order chi connectivity index (χ1) is 17.8. The molecular formula is C27H24F6O5. The van der Waals surface area contributed by atoms with Crippen LogP contribution < -0.4 is 9.47 Å². The summed E-state index contributed by atoms with van der Waals surface area (Å²) in [6.07, 6.45) is -12.0. The highest BCUT2D eigenvalue weighted by molar-refractivity contribution is 5.67. The summed E-state index contributed by atoms with van der Waals surface area (Å²) in [7, 11) is 0. The zero-order chi connectivity index (χ0) is 28.0. The van der Waals surface area contributed by atoms with Gasteiger partial charge in [-0.25, -0.2) is 0 Å². The number of carboxylic acids is 1. The lowest BCUT2D eigenvalue weighted by Crippen LogP contribution is -2.53. The molecule has 204 valence electrons. The van der Waals surface area contributed by atoms with E-state index in [1.807, 2.05) is 18.2 Å². The first-order valence-electron chi connectivity index (χ1n) is 11.4. The summed E-state index contributed by atoms with van der Waals surface area (Å²) in [6.45, 7) is -0.0137. The number of halogens is 6. The van der Waals surface area contributed by atoms with Crippen LogP contribution in [0.15, 0.2) is 78.9 Å². The normalized spacial score (nSPS) is 13.1. The van der Waals surface area contributed by atoms with Gasteiger partial charge in [0.15, 0.2) is 0 Å². The Hall–Kier alpha value is -3.73. The third kappa shape index (κ3) is 7.18. The van der Waals surface area contributed by atoms with Gasteiger partial charge >= 0.3 is 18.3 Å². The van der Waals surface area contributed by atoms with Gasteiger partial charge in [-0.2, -0.15) is 26.3 Å². The number of alkyl halides is 6. The van der Waals surface area contributed by atoms with Crippen LogP contribution in [0.25, 0.3) is 0 Å². The fraction of sp³-hybridized carbons (Fsp3) is 0.296. The van der Waals surface area contributed by atoms with Crippen molar-refractivity contribution < 1.29 is 50.8 Å². The first-order valence-corrected chi connectivity index (χ1v) is 11.4. The van der Waals surface area contributed by atoms with Crippen LogP contribution in [0.5, 0.6) is 11.5 Å². The van der Waals surface area contributed by atoms with Crippen molar-refractivity contribution in [3.8, 4) is 11.5 Å². The molecule has 0 fully saturated rings. The number of hydrogen-bond donors (Lipinski definition) is 2. The van der Waals surface area contributed by atoms with Gasteiger partial charge in [0.25, 0.3) is 5.60 Å². The van der Waals surface area contributed by atoms with Crippen LogP contribution in [-0.2, 0) is 23.2 Å². The maximum atomic E-state index is 13.2. The van der Waals surface area contributed by atoms with Crippen LogP contribution >= 0.6 is 0 Å². The molecule has 1 atom stereocenters. The predicted octanol–water partition coefficient (Wildman–Crippen LogP) is 6.09. The van der Waals surface area contributed by atoms with Crippen LogP contribution in [0.1, 0.15) is 23.1 Å². The standard InChI is InChI=1S/C27H24F6O5/c28-26(29,30)25(36,27(31,32)33)20-9-13-22(14-10-20)38-23(16-19-4-2-1-3-5-19)17-37-21-11-6-18(7-12-21)8-15-24(34)35/h1-7,9-14,23,36H,8,15-17H2,(H,34,35). The largest absolute Gasteiger partial charge is 0.490 e. The van der Waals surface area contributed by atoms with E-state index in [0.29, 0.717) is 30.7 Å². The number of aliphatic hydroxyl groups is 1. The SMILES string of the molecule is O=C(O)CCc1ccc(OCC(Cc2ccccc2)Oc2ccc(C(O)(C(F)(F)F)C(F)(F)F)cc2)cc1.